The van der Waals surface area contributed by atoms with Gasteiger partial charge in [0.1, 0.15) is 0 Å². The van der Waals surface area contributed by atoms with E-state index in [1.54, 1.807) is 11.3 Å². The second-order valence-electron chi connectivity index (χ2n) is 4.04. The topological polar surface area (TPSA) is 39.9 Å². The number of aromatic nitrogens is 1. The predicted octanol–water partition coefficient (Wildman–Crippen LogP) is 2.19. The van der Waals surface area contributed by atoms with Gasteiger partial charge in [-0.05, 0) is 32.9 Å². The second kappa shape index (κ2) is 4.73. The van der Waals surface area contributed by atoms with E-state index < -0.39 is 0 Å². The summed E-state index contributed by atoms with van der Waals surface area (Å²) in [6.45, 7) is 5.06. The molecule has 0 radical (unpaired) electrons. The van der Waals surface area contributed by atoms with E-state index in [1.165, 1.54) is 5.69 Å². The molecule has 2 rings (SSSR count). The molecule has 0 aliphatic carbocycles. The minimum atomic E-state index is 0.276. The molecule has 15 heavy (non-hydrogen) atoms. The number of nitrogens with zero attached hydrogens (tertiary/aromatic N) is 3. The second-order valence-corrected chi connectivity index (χ2v) is 5.10. The van der Waals surface area contributed by atoms with Gasteiger partial charge in [-0.15, -0.1) is 11.3 Å². The molecule has 1 aromatic heterocycles. The normalized spacial score (nSPS) is 18.9. The van der Waals surface area contributed by atoms with Crippen LogP contribution in [0.2, 0.25) is 0 Å². The van der Waals surface area contributed by atoms with Crippen LogP contribution in [0, 0.1) is 24.2 Å². The Bertz CT molecular complexity index is 358. The molecular weight excluding hydrogens is 206 g/mol. The summed E-state index contributed by atoms with van der Waals surface area (Å²) in [5.41, 5.74) is 1.17. The maximum Gasteiger partial charge on any atom is 0.0897 e. The largest absolute Gasteiger partial charge is 0.297 e. The lowest BCUT2D eigenvalue weighted by Gasteiger charge is -2.28. The highest BCUT2D eigenvalue weighted by Crippen LogP contribution is 2.18. The van der Waals surface area contributed by atoms with E-state index in [0.29, 0.717) is 0 Å². The summed E-state index contributed by atoms with van der Waals surface area (Å²) in [6.07, 6.45) is 2.03. The highest BCUT2D eigenvalue weighted by atomic mass is 32.1. The number of nitriles is 1. The maximum absolute atomic E-state index is 8.79. The lowest BCUT2D eigenvalue weighted by molar-refractivity contribution is 0.196. The van der Waals surface area contributed by atoms with Crippen molar-refractivity contribution in [2.75, 3.05) is 13.1 Å². The number of hydrogen-bond acceptors (Lipinski definition) is 4. The highest BCUT2D eigenvalue weighted by Gasteiger charge is 2.18. The van der Waals surface area contributed by atoms with E-state index in [9.17, 15) is 0 Å². The summed E-state index contributed by atoms with van der Waals surface area (Å²) < 4.78 is 0. The minimum Gasteiger partial charge on any atom is -0.297 e. The Labute approximate surface area is 94.4 Å². The molecule has 0 bridgehead atoms. The molecule has 1 saturated heterocycles. The third kappa shape index (κ3) is 2.77. The first-order valence-corrected chi connectivity index (χ1v) is 6.19. The number of hydrogen-bond donors (Lipinski definition) is 0. The van der Waals surface area contributed by atoms with Crippen LogP contribution in [0.1, 0.15) is 23.5 Å². The first-order chi connectivity index (χ1) is 7.28. The van der Waals surface area contributed by atoms with Crippen LogP contribution in [-0.2, 0) is 6.54 Å². The summed E-state index contributed by atoms with van der Waals surface area (Å²) in [7, 11) is 0. The van der Waals surface area contributed by atoms with Crippen LogP contribution >= 0.6 is 11.3 Å². The molecule has 0 amide bonds. The molecule has 0 unspecified atom stereocenters. The third-order valence-corrected chi connectivity index (χ3v) is 3.64. The van der Waals surface area contributed by atoms with Gasteiger partial charge in [0.05, 0.1) is 16.8 Å². The van der Waals surface area contributed by atoms with Gasteiger partial charge in [-0.2, -0.15) is 5.26 Å². The molecule has 1 fully saturated rings. The van der Waals surface area contributed by atoms with Gasteiger partial charge in [-0.1, -0.05) is 0 Å². The molecule has 80 valence electrons. The van der Waals surface area contributed by atoms with Gasteiger partial charge in [0.2, 0.25) is 0 Å². The van der Waals surface area contributed by atoms with Crippen molar-refractivity contribution in [2.45, 2.75) is 26.3 Å². The number of thiazole rings is 1. The summed E-state index contributed by atoms with van der Waals surface area (Å²) in [4.78, 5) is 6.85. The Morgan fingerprint density at radius 3 is 2.87 bits per heavy atom. The Morgan fingerprint density at radius 2 is 2.33 bits per heavy atom. The van der Waals surface area contributed by atoms with E-state index in [4.69, 9.17) is 5.26 Å². The third-order valence-electron chi connectivity index (χ3n) is 2.82. The zero-order chi connectivity index (χ0) is 10.7. The maximum atomic E-state index is 8.79. The van der Waals surface area contributed by atoms with Crippen LogP contribution in [0.4, 0.5) is 0 Å². The van der Waals surface area contributed by atoms with E-state index in [0.717, 1.165) is 37.5 Å². The average Bonchev–Trinajstić information content (AvgIpc) is 2.65. The predicted molar refractivity (Wildman–Crippen MR) is 60.5 cm³/mol. The van der Waals surface area contributed by atoms with Crippen molar-refractivity contribution in [1.29, 1.82) is 5.26 Å². The van der Waals surface area contributed by atoms with Gasteiger partial charge in [0.25, 0.3) is 0 Å². The fourth-order valence-corrected chi connectivity index (χ4v) is 2.53. The van der Waals surface area contributed by atoms with E-state index in [-0.39, 0.29) is 5.92 Å². The van der Waals surface area contributed by atoms with Crippen LogP contribution in [0.15, 0.2) is 5.38 Å². The molecule has 1 aliphatic heterocycles. The first kappa shape index (κ1) is 10.6. The lowest BCUT2D eigenvalue weighted by Crippen LogP contribution is -2.32. The summed E-state index contributed by atoms with van der Waals surface area (Å²) in [6, 6.07) is 2.35. The Balaban J connectivity index is 1.85. The van der Waals surface area contributed by atoms with Crippen molar-refractivity contribution < 1.29 is 0 Å². The number of piperidine rings is 1. The molecule has 2 heterocycles. The minimum absolute atomic E-state index is 0.276. The van der Waals surface area contributed by atoms with Crippen LogP contribution in [0.3, 0.4) is 0 Å². The zero-order valence-electron chi connectivity index (χ0n) is 8.94. The van der Waals surface area contributed by atoms with Gasteiger partial charge in [0, 0.05) is 17.8 Å². The van der Waals surface area contributed by atoms with Gasteiger partial charge in [-0.3, -0.25) is 4.90 Å². The highest BCUT2D eigenvalue weighted by molar-refractivity contribution is 7.09. The van der Waals surface area contributed by atoms with Gasteiger partial charge in [-0.25, -0.2) is 4.98 Å². The molecule has 0 saturated carbocycles. The van der Waals surface area contributed by atoms with Crippen molar-refractivity contribution >= 4 is 11.3 Å². The SMILES string of the molecule is Cc1nc(CN2CCC(C#N)CC2)cs1. The first-order valence-electron chi connectivity index (χ1n) is 5.31. The molecule has 4 heteroatoms. The molecule has 0 aromatic carbocycles. The van der Waals surface area contributed by atoms with Gasteiger partial charge >= 0.3 is 0 Å². The molecule has 0 atom stereocenters. The molecule has 1 aliphatic rings. The Morgan fingerprint density at radius 1 is 1.60 bits per heavy atom. The monoisotopic (exact) mass is 221 g/mol. The Hall–Kier alpha value is -0.920. The van der Waals surface area contributed by atoms with Gasteiger partial charge in [0.15, 0.2) is 0 Å². The number of likely N-dealkylation sites (tertiary alicyclic amines) is 1. The van der Waals surface area contributed by atoms with Crippen LogP contribution < -0.4 is 0 Å². The quantitative estimate of drug-likeness (QED) is 0.768. The summed E-state index contributed by atoms with van der Waals surface area (Å²) >= 11 is 1.71. The van der Waals surface area contributed by atoms with E-state index in [2.05, 4.69) is 21.3 Å². The van der Waals surface area contributed by atoms with Gasteiger partial charge < -0.3 is 0 Å². The average molecular weight is 221 g/mol. The lowest BCUT2D eigenvalue weighted by atomic mass is 9.99. The zero-order valence-corrected chi connectivity index (χ0v) is 9.76. The smallest absolute Gasteiger partial charge is 0.0897 e. The van der Waals surface area contributed by atoms with Crippen LogP contribution in [0.25, 0.3) is 0 Å². The standard InChI is InChI=1S/C11H15N3S/c1-9-13-11(8-15-9)7-14-4-2-10(6-12)3-5-14/h8,10H,2-5,7H2,1H3. The van der Waals surface area contributed by atoms with Crippen LogP contribution in [0.5, 0.6) is 0 Å². The Kier molecular flexibility index (Phi) is 3.34. The number of rotatable bonds is 2. The fraction of sp³-hybridized carbons (Fsp3) is 0.636. The fourth-order valence-electron chi connectivity index (χ4n) is 1.93. The number of aryl methyl sites for hydroxylation is 1. The van der Waals surface area contributed by atoms with Crippen molar-refractivity contribution in [3.8, 4) is 6.07 Å². The van der Waals surface area contributed by atoms with E-state index in [1.807, 2.05) is 6.92 Å². The van der Waals surface area contributed by atoms with Crippen molar-refractivity contribution in [3.05, 3.63) is 16.1 Å². The van der Waals surface area contributed by atoms with Crippen LogP contribution in [-0.4, -0.2) is 23.0 Å². The summed E-state index contributed by atoms with van der Waals surface area (Å²) in [5.74, 6) is 0.276. The molecule has 0 spiro atoms. The van der Waals surface area contributed by atoms with E-state index >= 15 is 0 Å². The molecule has 0 N–H and O–H groups in total. The van der Waals surface area contributed by atoms with Crippen molar-refractivity contribution in [1.82, 2.24) is 9.88 Å². The summed E-state index contributed by atoms with van der Waals surface area (Å²) in [5, 5.41) is 12.1. The van der Waals surface area contributed by atoms with Crippen molar-refractivity contribution in [3.63, 3.8) is 0 Å². The molecule has 3 nitrogen and oxygen atoms in total. The molecule has 1 aromatic rings. The molecular formula is C11H15N3S. The van der Waals surface area contributed by atoms with Crippen molar-refractivity contribution in [2.24, 2.45) is 5.92 Å².